The molecule has 0 aliphatic heterocycles. The predicted molar refractivity (Wildman–Crippen MR) is 244 cm³/mol. The molecular weight excluding hydrogens is 883 g/mol. The molecule has 0 radical (unpaired) electrons. The summed E-state index contributed by atoms with van der Waals surface area (Å²) < 4.78 is 0. The summed E-state index contributed by atoms with van der Waals surface area (Å²) in [6.45, 7) is 2.40. The summed E-state index contributed by atoms with van der Waals surface area (Å²) in [6.07, 6.45) is -2.06. The van der Waals surface area contributed by atoms with Crippen LogP contribution in [0.5, 0.6) is 5.75 Å². The Kier molecular flexibility index (Phi) is 24.0. The Morgan fingerprint density at radius 3 is 1.61 bits per heavy atom. The number of aliphatic hydroxyl groups is 2. The van der Waals surface area contributed by atoms with Gasteiger partial charge in [-0.15, -0.1) is 0 Å². The van der Waals surface area contributed by atoms with E-state index in [1.165, 1.54) is 49.9 Å². The molecular formula is C42H63N11O12S. The molecule has 24 heteroatoms. The third-order valence-corrected chi connectivity index (χ3v) is 10.5. The Bertz CT molecular complexity index is 1970. The number of carbonyl (C=O) groups is 8. The molecule has 0 bridgehead atoms. The highest BCUT2D eigenvalue weighted by molar-refractivity contribution is 7.98. The molecule has 0 aliphatic rings. The van der Waals surface area contributed by atoms with E-state index in [-0.39, 0.29) is 63.2 Å². The zero-order valence-corrected chi connectivity index (χ0v) is 37.8. The number of aliphatic carboxylic acids is 1. The molecule has 0 unspecified atom stereocenters. The number of carbonyl (C=O) groups excluding carboxylic acids is 7. The molecule has 0 aliphatic carbocycles. The predicted octanol–water partition coefficient (Wildman–Crippen LogP) is -3.67. The summed E-state index contributed by atoms with van der Waals surface area (Å²) in [6, 6.07) is 3.72. The Morgan fingerprint density at radius 1 is 0.621 bits per heavy atom. The Morgan fingerprint density at radius 2 is 1.09 bits per heavy atom. The molecule has 0 spiro atoms. The molecule has 0 heterocycles. The summed E-state index contributed by atoms with van der Waals surface area (Å²) in [5.41, 5.74) is 22.9. The number of carboxylic acid groups (broad SMARTS) is 1. The molecule has 2 rings (SSSR count). The number of primary amides is 1. The second kappa shape index (κ2) is 28.4. The van der Waals surface area contributed by atoms with Crippen molar-refractivity contribution in [2.24, 2.45) is 27.9 Å². The van der Waals surface area contributed by atoms with E-state index < -0.39 is 102 Å². The van der Waals surface area contributed by atoms with E-state index >= 15 is 0 Å². The third kappa shape index (κ3) is 20.1. The minimum absolute atomic E-state index is 0.0145. The first-order valence-corrected chi connectivity index (χ1v) is 22.3. The first-order valence-electron chi connectivity index (χ1n) is 20.9. The van der Waals surface area contributed by atoms with Crippen LogP contribution in [0.3, 0.4) is 0 Å². The van der Waals surface area contributed by atoms with Crippen molar-refractivity contribution in [2.45, 2.75) is 113 Å². The SMILES string of the molecule is CSCC[C@H](NC(=O)[C@H](CCCN=C(N)N)NC(=O)[C@@H](NC(=O)[C@H](Cc1ccccc1)NC(=O)[C@@H](NC(=O)[C@@H](N)CCC(N)=O)[C@@H](C)O)[C@@H](C)O)C(=O)N[C@@H](Cc1ccc(O)cc1)C(=O)O. The van der Waals surface area contributed by atoms with Gasteiger partial charge in [-0.3, -0.25) is 38.6 Å². The summed E-state index contributed by atoms with van der Waals surface area (Å²) >= 11 is 1.35. The van der Waals surface area contributed by atoms with Gasteiger partial charge in [0, 0.05) is 25.8 Å². The van der Waals surface area contributed by atoms with Gasteiger partial charge in [-0.25, -0.2) is 4.79 Å². The maximum absolute atomic E-state index is 14.0. The number of nitrogens with zero attached hydrogens (tertiary/aromatic N) is 1. The molecule has 2 aromatic carbocycles. The van der Waals surface area contributed by atoms with Crippen LogP contribution < -0.4 is 54.8 Å². The molecule has 2 aromatic rings. The lowest BCUT2D eigenvalue weighted by Crippen LogP contribution is -2.62. The first kappa shape index (κ1) is 55.6. The van der Waals surface area contributed by atoms with Gasteiger partial charge in [0.2, 0.25) is 41.4 Å². The van der Waals surface area contributed by atoms with Gasteiger partial charge in [-0.2, -0.15) is 11.8 Å². The molecule has 7 amide bonds. The quantitative estimate of drug-likeness (QED) is 0.0212. The zero-order valence-electron chi connectivity index (χ0n) is 37.0. The van der Waals surface area contributed by atoms with Gasteiger partial charge in [0.25, 0.3) is 0 Å². The summed E-state index contributed by atoms with van der Waals surface area (Å²) in [7, 11) is 0. The lowest BCUT2D eigenvalue weighted by molar-refractivity contribution is -0.142. The highest BCUT2D eigenvalue weighted by atomic mass is 32.2. The molecule has 0 saturated heterocycles. The monoisotopic (exact) mass is 945 g/mol. The van der Waals surface area contributed by atoms with Gasteiger partial charge in [-0.1, -0.05) is 42.5 Å². The Hall–Kier alpha value is -6.50. The number of amides is 7. The van der Waals surface area contributed by atoms with E-state index in [9.17, 15) is 58.8 Å². The fourth-order valence-corrected chi connectivity index (χ4v) is 6.70. The van der Waals surface area contributed by atoms with Crippen LogP contribution in [-0.4, -0.2) is 147 Å². The number of aliphatic hydroxyl groups excluding tert-OH is 2. The van der Waals surface area contributed by atoms with Crippen LogP contribution >= 0.6 is 11.8 Å². The van der Waals surface area contributed by atoms with Gasteiger partial charge in [0.05, 0.1) is 18.2 Å². The van der Waals surface area contributed by atoms with Crippen molar-refractivity contribution in [2.75, 3.05) is 18.6 Å². The number of guanidine groups is 1. The number of aliphatic imine (C=N–C) groups is 1. The van der Waals surface area contributed by atoms with Crippen molar-refractivity contribution in [1.82, 2.24) is 31.9 Å². The van der Waals surface area contributed by atoms with Gasteiger partial charge >= 0.3 is 5.97 Å². The number of rotatable bonds is 29. The van der Waals surface area contributed by atoms with Gasteiger partial charge in [0.15, 0.2) is 5.96 Å². The second-order valence-corrected chi connectivity index (χ2v) is 16.4. The number of aromatic hydroxyl groups is 1. The molecule has 23 nitrogen and oxygen atoms in total. The van der Waals surface area contributed by atoms with Gasteiger partial charge < -0.3 is 75.3 Å². The van der Waals surface area contributed by atoms with Crippen LogP contribution in [0.4, 0.5) is 0 Å². The van der Waals surface area contributed by atoms with Crippen LogP contribution in [-0.2, 0) is 51.2 Å². The molecule has 0 aromatic heterocycles. The fraction of sp³-hybridized carbons (Fsp3) is 0.500. The minimum atomic E-state index is -1.76. The topological polar surface area (TPSA) is 406 Å². The molecule has 0 fully saturated rings. The lowest BCUT2D eigenvalue weighted by Gasteiger charge is -2.29. The minimum Gasteiger partial charge on any atom is -0.508 e. The highest BCUT2D eigenvalue weighted by Gasteiger charge is 2.36. The number of benzene rings is 2. The largest absolute Gasteiger partial charge is 0.508 e. The van der Waals surface area contributed by atoms with Crippen LogP contribution in [0.1, 0.15) is 57.1 Å². The van der Waals surface area contributed by atoms with Crippen molar-refractivity contribution in [3.05, 3.63) is 65.7 Å². The highest BCUT2D eigenvalue weighted by Crippen LogP contribution is 2.13. The van der Waals surface area contributed by atoms with Gasteiger partial charge in [0.1, 0.15) is 42.0 Å². The fourth-order valence-electron chi connectivity index (χ4n) is 6.22. The lowest BCUT2D eigenvalue weighted by atomic mass is 10.0. The number of thioether (sulfide) groups is 1. The van der Waals surface area contributed by atoms with E-state index in [0.717, 1.165) is 0 Å². The average Bonchev–Trinajstić information content (AvgIpc) is 3.25. The Balaban J connectivity index is 2.39. The van der Waals surface area contributed by atoms with Crippen molar-refractivity contribution in [3.63, 3.8) is 0 Å². The van der Waals surface area contributed by atoms with E-state index in [0.29, 0.717) is 16.9 Å². The third-order valence-electron chi connectivity index (χ3n) is 9.89. The van der Waals surface area contributed by atoms with Crippen molar-refractivity contribution < 1.29 is 58.8 Å². The molecule has 0 saturated carbocycles. The van der Waals surface area contributed by atoms with E-state index in [1.807, 2.05) is 0 Å². The standard InChI is InChI=1S/C42H63N11O12S/c1-22(54)33(52-35(58)27(43)15-16-32(44)57)40(63)50-30(20-24-8-5-4-6-9-24)38(61)53-34(23(2)55)39(62)49-28(10-7-18-47-42(45)46)36(59)48-29(17-19-66-3)37(60)51-31(41(64)65)21-25-11-13-26(56)14-12-25/h4-6,8-9,11-14,22-23,27-31,33-34,54-56H,7,10,15-21,43H2,1-3H3,(H2,44,57)(H,48,59)(H,49,62)(H,50,63)(H,51,60)(H,52,58)(H,53,61)(H,64,65)(H4,45,46,47)/t22-,23-,27+,28+,29+,30+,31+,33+,34+/m1/s1. The number of hydrogen-bond donors (Lipinski definition) is 14. The number of carboxylic acids is 1. The normalized spacial score (nSPS) is 15.1. The molecule has 364 valence electrons. The van der Waals surface area contributed by atoms with Crippen molar-refractivity contribution in [1.29, 1.82) is 0 Å². The molecule has 9 atom stereocenters. The molecule has 18 N–H and O–H groups in total. The van der Waals surface area contributed by atoms with Crippen LogP contribution in [0, 0.1) is 0 Å². The number of hydrogen-bond acceptors (Lipinski definition) is 14. The smallest absolute Gasteiger partial charge is 0.326 e. The number of phenolic OH excluding ortho intramolecular Hbond substituents is 1. The van der Waals surface area contributed by atoms with Crippen LogP contribution in [0.25, 0.3) is 0 Å². The van der Waals surface area contributed by atoms with Crippen LogP contribution in [0.15, 0.2) is 59.6 Å². The maximum Gasteiger partial charge on any atom is 0.326 e. The average molecular weight is 946 g/mol. The summed E-state index contributed by atoms with van der Waals surface area (Å²) in [5.74, 6) is -7.70. The maximum atomic E-state index is 14.0. The number of nitrogens with two attached hydrogens (primary N) is 4. The summed E-state index contributed by atoms with van der Waals surface area (Å²) in [5, 5.41) is 55.5. The zero-order chi connectivity index (χ0) is 49.5. The van der Waals surface area contributed by atoms with E-state index in [2.05, 4.69) is 36.9 Å². The van der Waals surface area contributed by atoms with E-state index in [1.54, 1.807) is 36.6 Å². The van der Waals surface area contributed by atoms with Crippen molar-refractivity contribution in [3.8, 4) is 5.75 Å². The number of phenols is 1. The van der Waals surface area contributed by atoms with E-state index in [4.69, 9.17) is 22.9 Å². The molecule has 66 heavy (non-hydrogen) atoms. The Labute approximate surface area is 386 Å². The first-order chi connectivity index (χ1) is 31.1. The van der Waals surface area contributed by atoms with Gasteiger partial charge in [-0.05, 0) is 74.8 Å². The van der Waals surface area contributed by atoms with Crippen LogP contribution in [0.2, 0.25) is 0 Å². The van der Waals surface area contributed by atoms with Crippen molar-refractivity contribution >= 4 is 65.0 Å². The summed E-state index contributed by atoms with van der Waals surface area (Å²) in [4.78, 5) is 109. The number of nitrogens with one attached hydrogen (secondary N) is 6. The second-order valence-electron chi connectivity index (χ2n) is 15.4.